The standard InChI is InChI=1S/C11H12ClN3O2/c1-15-10(11(16)17-14-15)7-13-6-8-4-2-3-5-9(8)12/h2-5,13H,6-7H2,1H3/p+1. The van der Waals surface area contributed by atoms with E-state index in [1.54, 1.807) is 11.7 Å². The van der Waals surface area contributed by atoms with Gasteiger partial charge in [0, 0.05) is 11.6 Å². The second-order valence-corrected chi connectivity index (χ2v) is 4.09. The van der Waals surface area contributed by atoms with E-state index in [1.165, 1.54) is 0 Å². The van der Waals surface area contributed by atoms with Crippen molar-refractivity contribution in [3.63, 3.8) is 0 Å². The first kappa shape index (κ1) is 11.9. The van der Waals surface area contributed by atoms with Gasteiger partial charge in [-0.3, -0.25) is 4.52 Å². The number of halogens is 1. The molecule has 2 aromatic rings. The van der Waals surface area contributed by atoms with Gasteiger partial charge in [-0.25, -0.2) is 4.79 Å². The lowest BCUT2D eigenvalue weighted by molar-refractivity contribution is -0.746. The fourth-order valence-electron chi connectivity index (χ4n) is 1.51. The van der Waals surface area contributed by atoms with Crippen LogP contribution in [0.25, 0.3) is 0 Å². The van der Waals surface area contributed by atoms with Gasteiger partial charge in [0.25, 0.3) is 0 Å². The van der Waals surface area contributed by atoms with E-state index in [2.05, 4.69) is 15.1 Å². The molecule has 0 amide bonds. The summed E-state index contributed by atoms with van der Waals surface area (Å²) in [4.78, 5) is 11.3. The van der Waals surface area contributed by atoms with Gasteiger partial charge in [-0.1, -0.05) is 34.5 Å². The lowest BCUT2D eigenvalue weighted by atomic mass is 10.2. The van der Waals surface area contributed by atoms with Gasteiger partial charge in [0.05, 0.1) is 6.54 Å². The second-order valence-electron chi connectivity index (χ2n) is 3.68. The van der Waals surface area contributed by atoms with Gasteiger partial charge in [0.15, 0.2) is 7.05 Å². The van der Waals surface area contributed by atoms with Crippen molar-refractivity contribution < 1.29 is 9.20 Å². The van der Waals surface area contributed by atoms with Crippen molar-refractivity contribution in [3.05, 3.63) is 51.0 Å². The molecular formula is C11H13ClN3O2+. The number of rotatable bonds is 4. The maximum Gasteiger partial charge on any atom is 0.431 e. The van der Waals surface area contributed by atoms with Crippen molar-refractivity contribution in [2.45, 2.75) is 13.1 Å². The third-order valence-corrected chi connectivity index (χ3v) is 2.85. The first-order valence-corrected chi connectivity index (χ1v) is 5.57. The van der Waals surface area contributed by atoms with Gasteiger partial charge in [0.1, 0.15) is 0 Å². The molecule has 0 saturated heterocycles. The summed E-state index contributed by atoms with van der Waals surface area (Å²) in [7, 11) is 1.72. The zero-order valence-electron chi connectivity index (χ0n) is 9.37. The number of aryl methyl sites for hydroxylation is 1. The van der Waals surface area contributed by atoms with Crippen LogP contribution in [-0.4, -0.2) is 5.27 Å². The highest BCUT2D eigenvalue weighted by Crippen LogP contribution is 2.14. The highest BCUT2D eigenvalue weighted by molar-refractivity contribution is 6.31. The summed E-state index contributed by atoms with van der Waals surface area (Å²) in [5.41, 5.74) is 1.17. The van der Waals surface area contributed by atoms with Crippen molar-refractivity contribution >= 4 is 11.6 Å². The Morgan fingerprint density at radius 2 is 2.18 bits per heavy atom. The molecule has 5 nitrogen and oxygen atoms in total. The summed E-state index contributed by atoms with van der Waals surface area (Å²) in [5.74, 6) is 0. The Morgan fingerprint density at radius 1 is 1.41 bits per heavy atom. The number of hydrogen-bond acceptors (Lipinski definition) is 3. The van der Waals surface area contributed by atoms with Crippen LogP contribution in [0.3, 0.4) is 0 Å². The number of aromatic nitrogens is 2. The molecule has 0 aliphatic heterocycles. The molecule has 0 aliphatic rings. The number of nitrogens with zero attached hydrogens (tertiary/aromatic N) is 1. The van der Waals surface area contributed by atoms with Gasteiger partial charge in [-0.15, -0.1) is 0 Å². The summed E-state index contributed by atoms with van der Waals surface area (Å²) in [6, 6.07) is 7.58. The molecule has 90 valence electrons. The van der Waals surface area contributed by atoms with Crippen LogP contribution >= 0.6 is 11.6 Å². The molecular weight excluding hydrogens is 242 g/mol. The molecule has 0 spiro atoms. The largest absolute Gasteiger partial charge is 0.431 e. The molecule has 1 aromatic heterocycles. The Labute approximate surface area is 103 Å². The highest BCUT2D eigenvalue weighted by atomic mass is 35.5. The van der Waals surface area contributed by atoms with E-state index in [4.69, 9.17) is 11.6 Å². The van der Waals surface area contributed by atoms with Crippen molar-refractivity contribution in [1.82, 2.24) is 10.6 Å². The topological polar surface area (TPSA) is 61.9 Å². The average Bonchev–Trinajstić information content (AvgIpc) is 2.63. The average molecular weight is 255 g/mol. The van der Waals surface area contributed by atoms with E-state index in [-0.39, 0.29) is 5.63 Å². The molecule has 0 radical (unpaired) electrons. The van der Waals surface area contributed by atoms with Crippen molar-refractivity contribution in [3.8, 4) is 0 Å². The number of H-pyrrole nitrogens is 1. The third kappa shape index (κ3) is 2.75. The van der Waals surface area contributed by atoms with Gasteiger partial charge in [-0.2, -0.15) is 0 Å². The molecule has 0 bridgehead atoms. The Morgan fingerprint density at radius 3 is 2.82 bits per heavy atom. The molecule has 2 N–H and O–H groups in total. The van der Waals surface area contributed by atoms with Crippen molar-refractivity contribution in [2.75, 3.05) is 0 Å². The monoisotopic (exact) mass is 254 g/mol. The fraction of sp³-hybridized carbons (Fsp3) is 0.273. The van der Waals surface area contributed by atoms with E-state index < -0.39 is 0 Å². The predicted molar refractivity (Wildman–Crippen MR) is 62.5 cm³/mol. The van der Waals surface area contributed by atoms with Crippen LogP contribution in [0.15, 0.2) is 33.6 Å². The van der Waals surface area contributed by atoms with Gasteiger partial charge >= 0.3 is 11.3 Å². The van der Waals surface area contributed by atoms with Crippen molar-refractivity contribution in [1.29, 1.82) is 0 Å². The zero-order valence-corrected chi connectivity index (χ0v) is 10.1. The molecule has 17 heavy (non-hydrogen) atoms. The van der Waals surface area contributed by atoms with Crippen LogP contribution in [-0.2, 0) is 20.1 Å². The van der Waals surface area contributed by atoms with Crippen LogP contribution in [0.5, 0.6) is 0 Å². The first-order valence-electron chi connectivity index (χ1n) is 5.19. The first-order chi connectivity index (χ1) is 8.18. The zero-order chi connectivity index (χ0) is 12.3. The molecule has 0 fully saturated rings. The maximum absolute atomic E-state index is 11.3. The molecule has 0 atom stereocenters. The molecule has 1 heterocycles. The van der Waals surface area contributed by atoms with Gasteiger partial charge in [0.2, 0.25) is 0 Å². The fourth-order valence-corrected chi connectivity index (χ4v) is 1.71. The molecule has 2 rings (SSSR count). The van der Waals surface area contributed by atoms with Crippen molar-refractivity contribution in [2.24, 2.45) is 7.05 Å². The summed E-state index contributed by atoms with van der Waals surface area (Å²) in [6.45, 7) is 1.03. The minimum Gasteiger partial charge on any atom is -0.303 e. The number of hydrogen-bond donors (Lipinski definition) is 2. The number of benzene rings is 1. The van der Waals surface area contributed by atoms with Crippen LogP contribution < -0.4 is 15.6 Å². The molecule has 0 saturated carbocycles. The van der Waals surface area contributed by atoms with E-state index in [0.717, 1.165) is 5.56 Å². The van der Waals surface area contributed by atoms with Crippen LogP contribution in [0, 0.1) is 0 Å². The number of aromatic amines is 1. The second kappa shape index (κ2) is 5.16. The normalized spacial score (nSPS) is 10.7. The van der Waals surface area contributed by atoms with Crippen LogP contribution in [0.4, 0.5) is 0 Å². The predicted octanol–water partition coefficient (Wildman–Crippen LogP) is 0.736. The summed E-state index contributed by atoms with van der Waals surface area (Å²) in [5, 5.41) is 6.31. The molecule has 1 aromatic carbocycles. The minimum atomic E-state index is -0.362. The lowest BCUT2D eigenvalue weighted by Gasteiger charge is -2.03. The molecule has 0 unspecified atom stereocenters. The van der Waals surface area contributed by atoms with E-state index in [9.17, 15) is 4.79 Å². The Kier molecular flexibility index (Phi) is 3.61. The van der Waals surface area contributed by atoms with E-state index in [0.29, 0.717) is 23.8 Å². The van der Waals surface area contributed by atoms with Gasteiger partial charge in [-0.05, 0) is 16.9 Å². The SMILES string of the molecule is C[n+]1[nH]oc(=O)c1CNCc1ccccc1Cl. The quantitative estimate of drug-likeness (QED) is 0.791. The third-order valence-electron chi connectivity index (χ3n) is 2.48. The molecule has 0 aliphatic carbocycles. The summed E-state index contributed by atoms with van der Waals surface area (Å²) >= 11 is 6.02. The van der Waals surface area contributed by atoms with Gasteiger partial charge < -0.3 is 5.32 Å². The van der Waals surface area contributed by atoms with E-state index >= 15 is 0 Å². The minimum absolute atomic E-state index is 0.362. The van der Waals surface area contributed by atoms with Crippen LogP contribution in [0.1, 0.15) is 11.3 Å². The number of nitrogens with one attached hydrogen (secondary N) is 2. The summed E-state index contributed by atoms with van der Waals surface area (Å²) < 4.78 is 6.18. The smallest absolute Gasteiger partial charge is 0.303 e. The maximum atomic E-state index is 11.3. The summed E-state index contributed by atoms with van der Waals surface area (Å²) in [6.07, 6.45) is 0. The highest BCUT2D eigenvalue weighted by Gasteiger charge is 2.15. The Bertz CT molecular complexity index is 562. The Hall–Kier alpha value is -1.59. The molecule has 6 heteroatoms. The van der Waals surface area contributed by atoms with E-state index in [1.807, 2.05) is 24.3 Å². The Balaban J connectivity index is 1.97. The lowest BCUT2D eigenvalue weighted by Crippen LogP contribution is -2.38. The van der Waals surface area contributed by atoms with Crippen LogP contribution in [0.2, 0.25) is 5.02 Å².